The minimum absolute atomic E-state index is 0.180. The summed E-state index contributed by atoms with van der Waals surface area (Å²) in [6.45, 7) is 3.87. The molecule has 0 fully saturated rings. The number of aromatic nitrogens is 1. The molecule has 0 spiro atoms. The highest BCUT2D eigenvalue weighted by Crippen LogP contribution is 2.08. The van der Waals surface area contributed by atoms with Crippen LogP contribution in [0.15, 0.2) is 18.3 Å². The van der Waals surface area contributed by atoms with Gasteiger partial charge in [-0.2, -0.15) is 0 Å². The Balaban J connectivity index is 2.65. The number of rotatable bonds is 6. The zero-order chi connectivity index (χ0) is 14.4. The van der Waals surface area contributed by atoms with E-state index in [1.807, 2.05) is 13.8 Å². The summed E-state index contributed by atoms with van der Waals surface area (Å²) in [5, 5.41) is 3.01. The van der Waals surface area contributed by atoms with Gasteiger partial charge in [-0.15, -0.1) is 0 Å². The molecule has 1 rings (SSSR count). The van der Waals surface area contributed by atoms with Gasteiger partial charge in [0.2, 0.25) is 11.8 Å². The summed E-state index contributed by atoms with van der Waals surface area (Å²) >= 11 is 5.68. The lowest BCUT2D eigenvalue weighted by Crippen LogP contribution is -2.46. The van der Waals surface area contributed by atoms with Crippen LogP contribution in [0.2, 0.25) is 5.15 Å². The second-order valence-electron chi connectivity index (χ2n) is 4.81. The summed E-state index contributed by atoms with van der Waals surface area (Å²) in [6, 6.07) is 2.65. The van der Waals surface area contributed by atoms with Crippen molar-refractivity contribution in [2.45, 2.75) is 32.7 Å². The molecule has 2 amide bonds. The van der Waals surface area contributed by atoms with Crippen molar-refractivity contribution < 1.29 is 9.59 Å². The maximum absolute atomic E-state index is 11.7. The maximum atomic E-state index is 11.7. The van der Waals surface area contributed by atoms with E-state index in [1.165, 1.54) is 0 Å². The smallest absolute Gasteiger partial charge is 0.240 e. The van der Waals surface area contributed by atoms with Crippen molar-refractivity contribution in [3.63, 3.8) is 0 Å². The van der Waals surface area contributed by atoms with Crippen molar-refractivity contribution in [1.29, 1.82) is 0 Å². The van der Waals surface area contributed by atoms with E-state index in [0.717, 1.165) is 5.56 Å². The minimum atomic E-state index is -0.728. The van der Waals surface area contributed by atoms with E-state index < -0.39 is 11.9 Å². The number of halogens is 1. The third-order valence-corrected chi connectivity index (χ3v) is 2.72. The number of nitrogens with two attached hydrogens (primary N) is 1. The number of hydrogen-bond donors (Lipinski definition) is 2. The number of carbonyl (C=O) groups excluding carboxylic acids is 2. The third kappa shape index (κ3) is 5.70. The summed E-state index contributed by atoms with van der Waals surface area (Å²) < 4.78 is 0. The molecule has 6 heteroatoms. The van der Waals surface area contributed by atoms with Crippen LogP contribution in [0.4, 0.5) is 0 Å². The number of primary amides is 1. The molecule has 1 aromatic heterocycles. The van der Waals surface area contributed by atoms with E-state index in [1.54, 1.807) is 18.3 Å². The molecule has 1 atom stereocenters. The Bertz CT molecular complexity index is 446. The van der Waals surface area contributed by atoms with Gasteiger partial charge in [-0.05, 0) is 17.5 Å². The largest absolute Gasteiger partial charge is 0.368 e. The molecule has 0 aliphatic carbocycles. The van der Waals surface area contributed by atoms with E-state index in [-0.39, 0.29) is 11.8 Å². The molecule has 0 aromatic carbocycles. The first-order valence-electron chi connectivity index (χ1n) is 6.07. The highest BCUT2D eigenvalue weighted by Gasteiger charge is 2.19. The fraction of sp³-hybridized carbons (Fsp3) is 0.462. The van der Waals surface area contributed by atoms with Gasteiger partial charge in [-0.3, -0.25) is 9.59 Å². The molecule has 1 heterocycles. The molecule has 104 valence electrons. The van der Waals surface area contributed by atoms with Crippen molar-refractivity contribution in [3.8, 4) is 0 Å². The normalized spacial score (nSPS) is 12.2. The maximum Gasteiger partial charge on any atom is 0.240 e. The Morgan fingerprint density at radius 1 is 1.42 bits per heavy atom. The Hall–Kier alpha value is -1.62. The molecule has 0 radical (unpaired) electrons. The van der Waals surface area contributed by atoms with Crippen molar-refractivity contribution >= 4 is 23.4 Å². The monoisotopic (exact) mass is 283 g/mol. The quantitative estimate of drug-likeness (QED) is 0.772. The Morgan fingerprint density at radius 3 is 2.58 bits per heavy atom. The van der Waals surface area contributed by atoms with Crippen molar-refractivity contribution in [2.75, 3.05) is 0 Å². The summed E-state index contributed by atoms with van der Waals surface area (Å²) in [5.41, 5.74) is 6.08. The van der Waals surface area contributed by atoms with Gasteiger partial charge in [0.25, 0.3) is 0 Å². The predicted octanol–water partition coefficient (Wildman–Crippen LogP) is 1.29. The molecule has 19 heavy (non-hydrogen) atoms. The molecule has 3 N–H and O–H groups in total. The van der Waals surface area contributed by atoms with Crippen LogP contribution < -0.4 is 11.1 Å². The van der Waals surface area contributed by atoms with Crippen LogP contribution in [0.1, 0.15) is 25.8 Å². The van der Waals surface area contributed by atoms with Crippen molar-refractivity contribution in [1.82, 2.24) is 10.3 Å². The molecule has 0 saturated carbocycles. The molecule has 1 aromatic rings. The van der Waals surface area contributed by atoms with E-state index >= 15 is 0 Å². The lowest BCUT2D eigenvalue weighted by Gasteiger charge is -2.16. The van der Waals surface area contributed by atoms with Gasteiger partial charge < -0.3 is 11.1 Å². The van der Waals surface area contributed by atoms with Crippen molar-refractivity contribution in [2.24, 2.45) is 11.7 Å². The van der Waals surface area contributed by atoms with Gasteiger partial charge in [-0.1, -0.05) is 31.5 Å². The van der Waals surface area contributed by atoms with Crippen LogP contribution in [-0.4, -0.2) is 22.8 Å². The van der Waals surface area contributed by atoms with Crippen LogP contribution >= 0.6 is 11.6 Å². The standard InChI is InChI=1S/C13H18ClN3O2/c1-8(2)5-12(18)17-10(13(15)19)6-9-3-4-11(14)16-7-9/h3-4,7-8,10H,5-6H2,1-2H3,(H2,15,19)(H,17,18)/t10-/m1/s1. The van der Waals surface area contributed by atoms with Crippen LogP contribution in [0.25, 0.3) is 0 Å². The number of nitrogens with zero attached hydrogens (tertiary/aromatic N) is 1. The second kappa shape index (κ2) is 7.09. The lowest BCUT2D eigenvalue weighted by atomic mass is 10.1. The molecule has 0 unspecified atom stereocenters. The van der Waals surface area contributed by atoms with Gasteiger partial charge in [-0.25, -0.2) is 4.98 Å². The van der Waals surface area contributed by atoms with E-state index in [0.29, 0.717) is 18.0 Å². The minimum Gasteiger partial charge on any atom is -0.368 e. The van der Waals surface area contributed by atoms with Crippen LogP contribution in [-0.2, 0) is 16.0 Å². The second-order valence-corrected chi connectivity index (χ2v) is 5.20. The van der Waals surface area contributed by atoms with Gasteiger partial charge >= 0.3 is 0 Å². The van der Waals surface area contributed by atoms with Crippen LogP contribution in [0, 0.1) is 5.92 Å². The van der Waals surface area contributed by atoms with E-state index in [9.17, 15) is 9.59 Å². The lowest BCUT2D eigenvalue weighted by molar-refractivity contribution is -0.127. The Labute approximate surface area is 117 Å². The first-order valence-corrected chi connectivity index (χ1v) is 6.45. The molecule has 5 nitrogen and oxygen atoms in total. The fourth-order valence-corrected chi connectivity index (χ4v) is 1.72. The highest BCUT2D eigenvalue weighted by atomic mass is 35.5. The van der Waals surface area contributed by atoms with E-state index in [2.05, 4.69) is 10.3 Å². The number of nitrogens with one attached hydrogen (secondary N) is 1. The zero-order valence-electron chi connectivity index (χ0n) is 11.0. The molecule has 0 saturated heterocycles. The highest BCUT2D eigenvalue weighted by molar-refractivity contribution is 6.29. The Kier molecular flexibility index (Phi) is 5.76. The van der Waals surface area contributed by atoms with Gasteiger partial charge in [0.05, 0.1) is 0 Å². The molecule has 0 aliphatic rings. The average molecular weight is 284 g/mol. The van der Waals surface area contributed by atoms with Crippen LogP contribution in [0.3, 0.4) is 0 Å². The molecular formula is C13H18ClN3O2. The fourth-order valence-electron chi connectivity index (χ4n) is 1.61. The van der Waals surface area contributed by atoms with Crippen molar-refractivity contribution in [3.05, 3.63) is 29.0 Å². The van der Waals surface area contributed by atoms with E-state index in [4.69, 9.17) is 17.3 Å². The molecular weight excluding hydrogens is 266 g/mol. The third-order valence-electron chi connectivity index (χ3n) is 2.50. The Morgan fingerprint density at radius 2 is 2.11 bits per heavy atom. The topological polar surface area (TPSA) is 85.1 Å². The SMILES string of the molecule is CC(C)CC(=O)N[C@H](Cc1ccc(Cl)nc1)C(N)=O. The summed E-state index contributed by atoms with van der Waals surface area (Å²) in [4.78, 5) is 26.9. The average Bonchev–Trinajstić information content (AvgIpc) is 2.29. The summed E-state index contributed by atoms with van der Waals surface area (Å²) in [6.07, 6.45) is 2.23. The first kappa shape index (κ1) is 15.4. The number of pyridine rings is 1. The first-order chi connectivity index (χ1) is 8.88. The molecule has 0 aliphatic heterocycles. The number of carbonyl (C=O) groups is 2. The number of amides is 2. The predicted molar refractivity (Wildman–Crippen MR) is 73.5 cm³/mol. The number of hydrogen-bond acceptors (Lipinski definition) is 3. The molecule has 0 bridgehead atoms. The summed E-state index contributed by atoms with van der Waals surface area (Å²) in [5.74, 6) is -0.515. The van der Waals surface area contributed by atoms with Gasteiger partial charge in [0.1, 0.15) is 11.2 Å². The van der Waals surface area contributed by atoms with Gasteiger partial charge in [0.15, 0.2) is 0 Å². The van der Waals surface area contributed by atoms with Crippen LogP contribution in [0.5, 0.6) is 0 Å². The summed E-state index contributed by atoms with van der Waals surface area (Å²) in [7, 11) is 0. The van der Waals surface area contributed by atoms with Gasteiger partial charge in [0, 0.05) is 19.0 Å². The zero-order valence-corrected chi connectivity index (χ0v) is 11.8.